The highest BCUT2D eigenvalue weighted by molar-refractivity contribution is 8.03. The second kappa shape index (κ2) is 6.99. The smallest absolute Gasteiger partial charge is 0.225 e. The number of amides is 1. The van der Waals surface area contributed by atoms with Crippen LogP contribution in [0.5, 0.6) is 0 Å². The van der Waals surface area contributed by atoms with Crippen molar-refractivity contribution in [2.45, 2.75) is 39.1 Å². The molecule has 2 atom stereocenters. The van der Waals surface area contributed by atoms with E-state index in [0.717, 1.165) is 31.7 Å². The molecule has 0 aromatic carbocycles. The van der Waals surface area contributed by atoms with Gasteiger partial charge in [0.2, 0.25) is 5.91 Å². The lowest BCUT2D eigenvalue weighted by Crippen LogP contribution is -2.36. The number of nitrogens with zero attached hydrogens (tertiary/aromatic N) is 4. The van der Waals surface area contributed by atoms with E-state index in [1.54, 1.807) is 0 Å². The Morgan fingerprint density at radius 1 is 1.38 bits per heavy atom. The van der Waals surface area contributed by atoms with Gasteiger partial charge >= 0.3 is 0 Å². The van der Waals surface area contributed by atoms with Crippen LogP contribution in [-0.2, 0) is 11.3 Å². The van der Waals surface area contributed by atoms with Crippen molar-refractivity contribution in [2.75, 3.05) is 13.1 Å². The van der Waals surface area contributed by atoms with Crippen LogP contribution in [0.2, 0.25) is 0 Å². The minimum absolute atomic E-state index is 0.0854. The molecule has 0 aliphatic carbocycles. The van der Waals surface area contributed by atoms with Crippen LogP contribution in [0.4, 0.5) is 0 Å². The van der Waals surface area contributed by atoms with Crippen LogP contribution in [0.1, 0.15) is 32.8 Å². The summed E-state index contributed by atoms with van der Waals surface area (Å²) in [7, 11) is 0. The highest BCUT2D eigenvalue weighted by atomic mass is 32.2. The maximum absolute atomic E-state index is 12.3. The highest BCUT2D eigenvalue weighted by Gasteiger charge is 2.37. The lowest BCUT2D eigenvalue weighted by Gasteiger charge is -2.30. The lowest BCUT2D eigenvalue weighted by atomic mass is 10.1. The molecule has 1 saturated heterocycles. The van der Waals surface area contributed by atoms with Gasteiger partial charge in [-0.15, -0.1) is 11.8 Å². The summed E-state index contributed by atoms with van der Waals surface area (Å²) < 4.78 is 2.03. The molecule has 26 heavy (non-hydrogen) atoms. The molecule has 6 heteroatoms. The highest BCUT2D eigenvalue weighted by Crippen LogP contribution is 2.41. The van der Waals surface area contributed by atoms with Crippen molar-refractivity contribution in [3.63, 3.8) is 0 Å². The van der Waals surface area contributed by atoms with Crippen molar-refractivity contribution in [1.82, 2.24) is 19.2 Å². The average Bonchev–Trinajstić information content (AvgIpc) is 3.33. The number of imidazole rings is 1. The average molecular weight is 371 g/mol. The number of allylic oxidation sites excluding steroid dienone is 1. The number of rotatable bonds is 4. The second-order valence-electron chi connectivity index (χ2n) is 7.64. The third-order valence-corrected chi connectivity index (χ3v) is 6.62. The van der Waals surface area contributed by atoms with Crippen LogP contribution in [0.3, 0.4) is 0 Å². The Labute approximate surface area is 159 Å². The van der Waals surface area contributed by atoms with Gasteiger partial charge in [0.1, 0.15) is 5.65 Å². The molecule has 0 saturated carbocycles. The number of fused-ring (bicyclic) bond motifs is 1. The third kappa shape index (κ3) is 3.34. The van der Waals surface area contributed by atoms with Crippen LogP contribution in [-0.4, -0.2) is 43.6 Å². The summed E-state index contributed by atoms with van der Waals surface area (Å²) in [6, 6.07) is 4.33. The zero-order valence-corrected chi connectivity index (χ0v) is 16.4. The van der Waals surface area contributed by atoms with Gasteiger partial charge in [-0.3, -0.25) is 4.79 Å². The van der Waals surface area contributed by atoms with Gasteiger partial charge in [0, 0.05) is 56.3 Å². The van der Waals surface area contributed by atoms with E-state index < -0.39 is 0 Å². The van der Waals surface area contributed by atoms with Gasteiger partial charge in [-0.1, -0.05) is 13.8 Å². The first-order valence-electron chi connectivity index (χ1n) is 9.32. The van der Waals surface area contributed by atoms with E-state index in [1.807, 2.05) is 42.4 Å². The molecule has 4 heterocycles. The normalized spacial score (nSPS) is 23.3. The van der Waals surface area contributed by atoms with Crippen molar-refractivity contribution in [2.24, 2.45) is 11.8 Å². The molecule has 138 valence electrons. The van der Waals surface area contributed by atoms with Gasteiger partial charge in [-0.25, -0.2) is 4.98 Å². The lowest BCUT2D eigenvalue weighted by molar-refractivity contribution is -0.133. The molecular formula is C20H26N4OS. The monoisotopic (exact) mass is 370 g/mol. The van der Waals surface area contributed by atoms with E-state index in [0.29, 0.717) is 11.3 Å². The number of hydrogen-bond acceptors (Lipinski definition) is 4. The number of thioether (sulfide) groups is 1. The Hall–Kier alpha value is -1.95. The first-order valence-corrected chi connectivity index (χ1v) is 10.2. The van der Waals surface area contributed by atoms with Crippen molar-refractivity contribution in [1.29, 1.82) is 0 Å². The van der Waals surface area contributed by atoms with Crippen molar-refractivity contribution >= 4 is 23.3 Å². The Morgan fingerprint density at radius 3 is 3.04 bits per heavy atom. The second-order valence-corrected chi connectivity index (χ2v) is 9.00. The summed E-state index contributed by atoms with van der Waals surface area (Å²) in [5.74, 6) is 0.894. The third-order valence-electron chi connectivity index (χ3n) is 5.24. The van der Waals surface area contributed by atoms with Crippen molar-refractivity contribution < 1.29 is 4.79 Å². The molecule has 2 aromatic heterocycles. The van der Waals surface area contributed by atoms with Crippen molar-refractivity contribution in [3.8, 4) is 0 Å². The summed E-state index contributed by atoms with van der Waals surface area (Å²) in [5.41, 5.74) is 2.26. The number of pyridine rings is 1. The molecule has 0 N–H and O–H groups in total. The summed E-state index contributed by atoms with van der Waals surface area (Å²) in [6.45, 7) is 8.82. The van der Waals surface area contributed by atoms with Crippen LogP contribution >= 0.6 is 11.8 Å². The molecule has 2 unspecified atom stereocenters. The number of likely N-dealkylation sites (tertiary alicyclic amines) is 1. The Morgan fingerprint density at radius 2 is 2.23 bits per heavy atom. The largest absolute Gasteiger partial charge is 0.360 e. The van der Waals surface area contributed by atoms with E-state index in [4.69, 9.17) is 0 Å². The van der Waals surface area contributed by atoms with E-state index >= 15 is 0 Å². The maximum atomic E-state index is 12.3. The van der Waals surface area contributed by atoms with Crippen LogP contribution < -0.4 is 0 Å². The quantitative estimate of drug-likeness (QED) is 0.825. The summed E-state index contributed by atoms with van der Waals surface area (Å²) in [4.78, 5) is 22.6. The molecular weight excluding hydrogens is 344 g/mol. The summed E-state index contributed by atoms with van der Waals surface area (Å²) >= 11 is 1.95. The van der Waals surface area contributed by atoms with Gasteiger partial charge in [0.05, 0.1) is 5.37 Å². The SMILES string of the molecule is CC1=CN(Cc2ccn3ccnc3c2)C(C2CCN(C(=O)C(C)C)C2)S1. The first kappa shape index (κ1) is 17.5. The zero-order valence-electron chi connectivity index (χ0n) is 15.6. The topological polar surface area (TPSA) is 40.9 Å². The fourth-order valence-electron chi connectivity index (χ4n) is 3.95. The van der Waals surface area contributed by atoms with Crippen LogP contribution in [0.25, 0.3) is 5.65 Å². The van der Waals surface area contributed by atoms with Crippen molar-refractivity contribution in [3.05, 3.63) is 47.4 Å². The van der Waals surface area contributed by atoms with Gasteiger partial charge in [-0.2, -0.15) is 0 Å². The van der Waals surface area contributed by atoms with E-state index in [9.17, 15) is 4.79 Å². The summed E-state index contributed by atoms with van der Waals surface area (Å²) in [5, 5.41) is 0.413. The Balaban J connectivity index is 1.47. The number of aromatic nitrogens is 2. The van der Waals surface area contributed by atoms with E-state index in [-0.39, 0.29) is 11.8 Å². The minimum Gasteiger partial charge on any atom is -0.360 e. The standard InChI is InChI=1S/C20H26N4OS/c1-14(2)19(25)23-8-5-17(13-23)20-24(11-15(3)26-20)12-16-4-7-22-9-6-21-18(22)10-16/h4,6-7,9-11,14,17,20H,5,8,12-13H2,1-3H3. The molecule has 0 bridgehead atoms. The predicted molar refractivity (Wildman–Crippen MR) is 105 cm³/mol. The maximum Gasteiger partial charge on any atom is 0.225 e. The van der Waals surface area contributed by atoms with E-state index in [2.05, 4.69) is 46.2 Å². The Kier molecular flexibility index (Phi) is 4.69. The number of hydrogen-bond donors (Lipinski definition) is 0. The number of carbonyl (C=O) groups is 1. The van der Waals surface area contributed by atoms with Gasteiger partial charge in [-0.05, 0) is 35.9 Å². The van der Waals surface area contributed by atoms with Crippen LogP contribution in [0.15, 0.2) is 41.8 Å². The zero-order chi connectivity index (χ0) is 18.3. The van der Waals surface area contributed by atoms with Gasteiger partial charge < -0.3 is 14.2 Å². The predicted octanol–water partition coefficient (Wildman–Crippen LogP) is 3.58. The Bertz CT molecular complexity index is 843. The number of carbonyl (C=O) groups excluding carboxylic acids is 1. The van der Waals surface area contributed by atoms with Crippen LogP contribution in [0, 0.1) is 11.8 Å². The summed E-state index contributed by atoms with van der Waals surface area (Å²) in [6.07, 6.45) is 9.24. The molecule has 4 rings (SSSR count). The minimum atomic E-state index is 0.0854. The first-order chi connectivity index (χ1) is 12.5. The van der Waals surface area contributed by atoms with Gasteiger partial charge in [0.25, 0.3) is 0 Å². The molecule has 2 aromatic rings. The molecule has 2 aliphatic heterocycles. The molecule has 0 radical (unpaired) electrons. The molecule has 0 spiro atoms. The van der Waals surface area contributed by atoms with Gasteiger partial charge in [0.15, 0.2) is 0 Å². The molecule has 5 nitrogen and oxygen atoms in total. The fourth-order valence-corrected chi connectivity index (χ4v) is 5.21. The molecule has 2 aliphatic rings. The fraction of sp³-hybridized carbons (Fsp3) is 0.500. The molecule has 1 fully saturated rings. The molecule has 1 amide bonds. The van der Waals surface area contributed by atoms with E-state index in [1.165, 1.54) is 10.5 Å².